The second-order valence-electron chi connectivity index (χ2n) is 30.9. The Balaban J connectivity index is 0.000000104. The van der Waals surface area contributed by atoms with E-state index < -0.39 is 0 Å². The number of nitrogens with zero attached hydrogens (tertiary/aromatic N) is 11. The number of aromatic nitrogens is 11. The van der Waals surface area contributed by atoms with Gasteiger partial charge in [0, 0.05) is 119 Å². The van der Waals surface area contributed by atoms with Crippen LogP contribution in [-0.2, 0) is 0 Å². The molecule has 11 aromatic heterocycles. The van der Waals surface area contributed by atoms with Crippen LogP contribution < -0.4 is 0 Å². The Labute approximate surface area is 771 Å². The smallest absolute Gasteiger partial charge is 0.138 e. The van der Waals surface area contributed by atoms with Crippen molar-refractivity contribution in [3.8, 4) is 113 Å². The van der Waals surface area contributed by atoms with Crippen molar-refractivity contribution in [2.24, 2.45) is 0 Å². The molecule has 0 saturated heterocycles. The lowest BCUT2D eigenvalue weighted by Crippen LogP contribution is -2.00. The summed E-state index contributed by atoms with van der Waals surface area (Å²) in [6, 6.07) is 145. The van der Waals surface area contributed by atoms with Crippen LogP contribution in [-0.4, -0.2) is 53.2 Å². The van der Waals surface area contributed by atoms with Crippen LogP contribution in [0.2, 0.25) is 0 Å². The molecule has 0 radical (unpaired) electrons. The molecule has 0 saturated carbocycles. The summed E-state index contributed by atoms with van der Waals surface area (Å²) in [6.45, 7) is 0. The van der Waals surface area contributed by atoms with Crippen LogP contribution >= 0.6 is 63.7 Å². The molecular formula is C113H73Br4N11. The third-order valence-electron chi connectivity index (χ3n) is 23.0. The zero-order valence-electron chi connectivity index (χ0n) is 68.6. The van der Waals surface area contributed by atoms with Crippen molar-refractivity contribution >= 4 is 151 Å². The van der Waals surface area contributed by atoms with E-state index in [1.807, 2.05) is 109 Å². The quantitative estimate of drug-likeness (QED) is 0.120. The molecular weight excluding hydrogens is 1830 g/mol. The third kappa shape index (κ3) is 16.1. The van der Waals surface area contributed by atoms with Gasteiger partial charge in [0.15, 0.2) is 0 Å². The van der Waals surface area contributed by atoms with E-state index >= 15 is 0 Å². The summed E-state index contributed by atoms with van der Waals surface area (Å²) in [4.78, 5) is 33.4. The Morgan fingerprint density at radius 3 is 0.781 bits per heavy atom. The van der Waals surface area contributed by atoms with E-state index in [-0.39, 0.29) is 0 Å². The van der Waals surface area contributed by atoms with Crippen molar-refractivity contribution in [2.75, 3.05) is 0 Å². The molecule has 11 nitrogen and oxygen atoms in total. The fourth-order valence-electron chi connectivity index (χ4n) is 17.2. The minimum atomic E-state index is 0.810. The van der Waals surface area contributed by atoms with E-state index in [2.05, 4.69) is 423 Å². The largest absolute Gasteiger partial charge is 0.309 e. The van der Waals surface area contributed by atoms with Crippen molar-refractivity contribution in [1.29, 1.82) is 0 Å². The van der Waals surface area contributed by atoms with Gasteiger partial charge in [-0.25, -0.2) is 15.0 Å². The highest BCUT2D eigenvalue weighted by molar-refractivity contribution is 9.11. The molecule has 0 aliphatic rings. The highest BCUT2D eigenvalue weighted by Gasteiger charge is 2.22. The molecule has 0 atom stereocenters. The second-order valence-corrected chi connectivity index (χ2v) is 34.6. The molecule has 0 spiro atoms. The maximum absolute atomic E-state index is 5.15. The molecule has 0 amide bonds. The molecule has 0 unspecified atom stereocenters. The Kier molecular flexibility index (Phi) is 22.3. The highest BCUT2D eigenvalue weighted by atomic mass is 79.9. The summed E-state index contributed by atoms with van der Waals surface area (Å²) in [5.41, 5.74) is 28.2. The molecule has 0 aliphatic carbocycles. The number of pyridine rings is 7. The van der Waals surface area contributed by atoms with E-state index in [1.165, 1.54) is 65.2 Å². The van der Waals surface area contributed by atoms with Crippen molar-refractivity contribution in [1.82, 2.24) is 53.2 Å². The van der Waals surface area contributed by atoms with Crippen molar-refractivity contribution in [3.05, 3.63) is 461 Å². The van der Waals surface area contributed by atoms with Crippen molar-refractivity contribution < 1.29 is 0 Å². The van der Waals surface area contributed by atoms with Gasteiger partial charge in [-0.1, -0.05) is 306 Å². The van der Waals surface area contributed by atoms with Gasteiger partial charge < -0.3 is 13.7 Å². The van der Waals surface area contributed by atoms with E-state index in [0.29, 0.717) is 0 Å². The molecule has 608 valence electrons. The lowest BCUT2D eigenvalue weighted by molar-refractivity contribution is 1.08. The Bertz CT molecular complexity index is 7020. The minimum absolute atomic E-state index is 0.810. The molecule has 0 aliphatic heterocycles. The maximum atomic E-state index is 5.15. The highest BCUT2D eigenvalue weighted by Crippen LogP contribution is 2.43. The predicted molar refractivity (Wildman–Crippen MR) is 542 cm³/mol. The summed E-state index contributed by atoms with van der Waals surface area (Å²) < 4.78 is 13.4. The zero-order chi connectivity index (χ0) is 86.0. The number of fused-ring (bicyclic) bond motifs is 12. The molecule has 13 aromatic carbocycles. The minimum Gasteiger partial charge on any atom is -0.309 e. The van der Waals surface area contributed by atoms with E-state index in [1.54, 1.807) is 12.4 Å². The monoisotopic (exact) mass is 1900 g/mol. The molecule has 0 fully saturated rings. The van der Waals surface area contributed by atoms with Gasteiger partial charge in [0.1, 0.15) is 5.82 Å². The van der Waals surface area contributed by atoms with Crippen LogP contribution in [0.25, 0.3) is 200 Å². The van der Waals surface area contributed by atoms with Crippen LogP contribution in [0, 0.1) is 0 Å². The summed E-state index contributed by atoms with van der Waals surface area (Å²) in [5, 5.41) is 9.81. The lowest BCUT2D eigenvalue weighted by atomic mass is 10.0. The Hall–Kier alpha value is -15.0. The average molecular weight is 1900 g/mol. The van der Waals surface area contributed by atoms with Crippen LogP contribution in [0.1, 0.15) is 0 Å². The van der Waals surface area contributed by atoms with Gasteiger partial charge in [0.25, 0.3) is 0 Å². The molecule has 24 aromatic rings. The Morgan fingerprint density at radius 1 is 0.156 bits per heavy atom. The topological polar surface area (TPSA) is 110 Å². The Morgan fingerprint density at radius 2 is 0.430 bits per heavy atom. The lowest BCUT2D eigenvalue weighted by Gasteiger charge is -2.13. The fraction of sp³-hybridized carbons (Fsp3) is 0. The predicted octanol–water partition coefficient (Wildman–Crippen LogP) is 31.3. The van der Waals surface area contributed by atoms with E-state index in [4.69, 9.17) is 15.0 Å². The van der Waals surface area contributed by atoms with Crippen molar-refractivity contribution in [2.45, 2.75) is 0 Å². The molecule has 24 rings (SSSR count). The van der Waals surface area contributed by atoms with E-state index in [9.17, 15) is 0 Å². The first-order chi connectivity index (χ1) is 63.1. The summed E-state index contributed by atoms with van der Waals surface area (Å²) >= 11 is 14.7. The van der Waals surface area contributed by atoms with Gasteiger partial charge in [-0.2, -0.15) is 0 Å². The summed E-state index contributed by atoms with van der Waals surface area (Å²) in [7, 11) is 0. The molecule has 0 N–H and O–H groups in total. The normalized spacial score (nSPS) is 11.3. The molecule has 15 heteroatoms. The SMILES string of the molecule is Brc1ccc2c3ccccc3n(-c3cc(-c4ccccc4)cc(-c4ccccc4)n3)c2c1.Brc1ccc2c3ccccc3n(-c3cc(-c4ccccc4)nc(-c4ccccc4)c3)c2c1.Brc1ccc2c3ccccc3n(-c3cc(-c4ccccn4)cc(-c4ccccn4)c3)c2c1.Brc1ccc2c3ccccc3n(-c3cc(-c4ccccn4)nc(-c4ccccn4)c3)c2c1. The van der Waals surface area contributed by atoms with E-state index in [0.717, 1.165) is 153 Å². The fourth-order valence-corrected chi connectivity index (χ4v) is 18.6. The molecule has 0 bridgehead atoms. The molecule has 11 heterocycles. The van der Waals surface area contributed by atoms with Crippen molar-refractivity contribution in [3.63, 3.8) is 0 Å². The van der Waals surface area contributed by atoms with Gasteiger partial charge in [0.05, 0.1) is 107 Å². The first-order valence-electron chi connectivity index (χ1n) is 42.0. The van der Waals surface area contributed by atoms with Gasteiger partial charge in [-0.15, -0.1) is 0 Å². The van der Waals surface area contributed by atoms with Crippen LogP contribution in [0.15, 0.2) is 461 Å². The summed E-state index contributed by atoms with van der Waals surface area (Å²) in [6.07, 6.45) is 7.25. The number of para-hydroxylation sites is 4. The molecule has 128 heavy (non-hydrogen) atoms. The maximum Gasteiger partial charge on any atom is 0.138 e. The zero-order valence-corrected chi connectivity index (χ0v) is 74.9. The number of rotatable bonds is 12. The second kappa shape index (κ2) is 35.6. The van der Waals surface area contributed by atoms with Gasteiger partial charge in [-0.3, -0.25) is 24.5 Å². The third-order valence-corrected chi connectivity index (χ3v) is 25.0. The van der Waals surface area contributed by atoms with Gasteiger partial charge in [0.2, 0.25) is 0 Å². The first kappa shape index (κ1) is 80.2. The number of halogens is 4. The first-order valence-corrected chi connectivity index (χ1v) is 45.1. The van der Waals surface area contributed by atoms with Crippen LogP contribution in [0.4, 0.5) is 0 Å². The number of hydrogen-bond donors (Lipinski definition) is 0. The summed E-state index contributed by atoms with van der Waals surface area (Å²) in [5.74, 6) is 0.912. The number of hydrogen-bond acceptors (Lipinski definition) is 7. The standard InChI is InChI=1S/2C29H19BrN2.C28H18BrN3.C27H17BrN4/c30-23-15-16-25-24-13-7-8-14-27(24)32(28(25)19-23)29-18-22(20-9-3-1-4-10-20)17-26(31-29)21-11-5-2-6-12-21;30-22-15-16-25-24-13-7-8-14-28(24)32(29(25)17-22)23-18-26(20-9-3-1-4-10-20)31-27(19-23)21-11-5-2-6-12-21;29-21-11-12-24-23-7-1-2-10-27(23)32(28(24)18-21)22-16-19(25-8-3-5-13-30-25)15-20(17-22)26-9-4-6-14-31-26;28-18-11-12-21-20-7-1-2-10-26(20)32(27(21)15-18)19-16-24(22-8-3-5-13-29-22)31-25(17-19)23-9-4-6-14-30-23/h2*1-19H;1-18H;1-17H. The van der Waals surface area contributed by atoms with Gasteiger partial charge in [-0.05, 0) is 187 Å². The van der Waals surface area contributed by atoms with Crippen LogP contribution in [0.3, 0.4) is 0 Å². The average Bonchev–Trinajstić information content (AvgIpc) is 1.59. The van der Waals surface area contributed by atoms with Crippen LogP contribution in [0.5, 0.6) is 0 Å². The number of benzene rings is 13. The van der Waals surface area contributed by atoms with Gasteiger partial charge >= 0.3 is 0 Å².